The number of phenolic OH excluding ortho intramolecular Hbond substituents is 3. The molecule has 11 heteroatoms. The summed E-state index contributed by atoms with van der Waals surface area (Å²) in [5, 5.41) is 54.2. The number of carbonyl (C=O) groups is 3. The highest BCUT2D eigenvalue weighted by Gasteiger charge is 2.49. The zero-order valence-electron chi connectivity index (χ0n) is 20.2. The predicted octanol–water partition coefficient (Wildman–Crippen LogP) is 0.00910. The van der Waals surface area contributed by atoms with Crippen LogP contribution >= 0.6 is 0 Å². The van der Waals surface area contributed by atoms with E-state index in [1.165, 1.54) is 25.1 Å². The standard InChI is InChI=1S/C26H27NO10/c1-9-21(30)13(27)6-16(36-9)37-15-8-26(35,10(2)28)7-12-18(15)25(34)20-19(23(12)32)22(31)11-4-3-5-14(29)17(11)24(20)33/h3-5,9,13,15-16,21,29-30,32,34-35H,6-8,27H2,1-2H3/p+1. The van der Waals surface area contributed by atoms with E-state index in [-0.39, 0.29) is 35.1 Å². The van der Waals surface area contributed by atoms with E-state index in [0.29, 0.717) is 0 Å². The molecule has 1 saturated heterocycles. The van der Waals surface area contributed by atoms with Crippen LogP contribution in [0.15, 0.2) is 18.2 Å². The van der Waals surface area contributed by atoms with E-state index in [9.17, 15) is 39.9 Å². The van der Waals surface area contributed by atoms with Crippen LogP contribution in [0.3, 0.4) is 0 Å². The monoisotopic (exact) mass is 514 g/mol. The van der Waals surface area contributed by atoms with Gasteiger partial charge in [0.15, 0.2) is 17.9 Å². The molecular formula is C26H28NO10+. The number of hydrogen-bond donors (Lipinski definition) is 6. The van der Waals surface area contributed by atoms with Gasteiger partial charge in [0.1, 0.15) is 35.0 Å². The number of phenols is 3. The lowest BCUT2D eigenvalue weighted by molar-refractivity contribution is -0.466. The van der Waals surface area contributed by atoms with E-state index in [4.69, 9.17) is 9.47 Å². The summed E-state index contributed by atoms with van der Waals surface area (Å²) >= 11 is 0. The molecular weight excluding hydrogens is 486 g/mol. The van der Waals surface area contributed by atoms with Crippen LogP contribution in [0.4, 0.5) is 0 Å². The van der Waals surface area contributed by atoms with Crippen molar-refractivity contribution in [2.75, 3.05) is 0 Å². The highest BCUT2D eigenvalue weighted by Crippen LogP contribution is 2.52. The lowest BCUT2D eigenvalue weighted by Gasteiger charge is -2.41. The van der Waals surface area contributed by atoms with Gasteiger partial charge in [0.25, 0.3) is 0 Å². The van der Waals surface area contributed by atoms with Gasteiger partial charge in [-0.05, 0) is 19.9 Å². The van der Waals surface area contributed by atoms with Crippen LogP contribution in [0.5, 0.6) is 17.2 Å². The van der Waals surface area contributed by atoms with Crippen molar-refractivity contribution in [3.05, 3.63) is 51.6 Å². The second-order valence-corrected chi connectivity index (χ2v) is 10.0. The number of quaternary nitrogens is 1. The fourth-order valence-corrected chi connectivity index (χ4v) is 5.56. The van der Waals surface area contributed by atoms with Gasteiger partial charge in [-0.1, -0.05) is 12.1 Å². The maximum Gasteiger partial charge on any atom is 0.202 e. The van der Waals surface area contributed by atoms with Gasteiger partial charge in [-0.25, -0.2) is 0 Å². The molecule has 1 heterocycles. The van der Waals surface area contributed by atoms with Crippen LogP contribution in [-0.4, -0.2) is 73.0 Å². The van der Waals surface area contributed by atoms with E-state index < -0.39 is 88.4 Å². The Morgan fingerprint density at radius 3 is 2.43 bits per heavy atom. The number of aromatic hydroxyl groups is 3. The van der Waals surface area contributed by atoms with Gasteiger partial charge in [0, 0.05) is 29.5 Å². The fraction of sp³-hybridized carbons (Fsp3) is 0.423. The van der Waals surface area contributed by atoms with E-state index in [0.717, 1.165) is 0 Å². The first-order valence-electron chi connectivity index (χ1n) is 11.9. The van der Waals surface area contributed by atoms with Gasteiger partial charge >= 0.3 is 0 Å². The molecule has 5 rings (SSSR count). The van der Waals surface area contributed by atoms with Crippen molar-refractivity contribution >= 4 is 17.3 Å². The van der Waals surface area contributed by atoms with Crippen molar-refractivity contribution < 1.29 is 55.1 Å². The summed E-state index contributed by atoms with van der Waals surface area (Å²) in [5.41, 5.74) is 0.296. The highest BCUT2D eigenvalue weighted by molar-refractivity contribution is 6.31. The lowest BCUT2D eigenvalue weighted by atomic mass is 9.72. The maximum atomic E-state index is 13.4. The van der Waals surface area contributed by atoms with Gasteiger partial charge in [0.2, 0.25) is 5.78 Å². The normalized spacial score (nSPS) is 30.9. The number of carbonyl (C=O) groups excluding carboxylic acids is 3. The molecule has 37 heavy (non-hydrogen) atoms. The molecule has 8 N–H and O–H groups in total. The number of Topliss-reactive ketones (excluding diaryl/α,β-unsaturated/α-hetero) is 1. The Morgan fingerprint density at radius 2 is 1.78 bits per heavy atom. The topological polar surface area (TPSA) is 198 Å². The molecule has 1 fully saturated rings. The largest absolute Gasteiger partial charge is 0.507 e. The van der Waals surface area contributed by atoms with Crippen LogP contribution in [-0.2, 0) is 20.7 Å². The minimum atomic E-state index is -2.00. The Hall–Kier alpha value is -3.35. The van der Waals surface area contributed by atoms with Crippen molar-refractivity contribution in [2.24, 2.45) is 0 Å². The summed E-state index contributed by atoms with van der Waals surface area (Å²) in [6.07, 6.45) is -4.27. The van der Waals surface area contributed by atoms with Gasteiger partial charge in [0.05, 0.1) is 35.3 Å². The number of aliphatic hydroxyl groups is 2. The van der Waals surface area contributed by atoms with Gasteiger partial charge < -0.3 is 40.7 Å². The summed E-state index contributed by atoms with van der Waals surface area (Å²) in [7, 11) is 0. The number of aliphatic hydroxyl groups excluding tert-OH is 1. The molecule has 3 aliphatic rings. The molecule has 1 aliphatic heterocycles. The molecule has 0 aromatic heterocycles. The third kappa shape index (κ3) is 3.73. The maximum absolute atomic E-state index is 13.4. The molecule has 2 aromatic rings. The number of ketones is 3. The summed E-state index contributed by atoms with van der Waals surface area (Å²) in [6.45, 7) is 2.81. The van der Waals surface area contributed by atoms with E-state index in [1.54, 1.807) is 6.92 Å². The first-order valence-corrected chi connectivity index (χ1v) is 11.9. The van der Waals surface area contributed by atoms with Crippen molar-refractivity contribution in [3.8, 4) is 17.2 Å². The minimum Gasteiger partial charge on any atom is -0.507 e. The Bertz CT molecular complexity index is 1340. The molecule has 6 unspecified atom stereocenters. The van der Waals surface area contributed by atoms with Crippen molar-refractivity contribution in [3.63, 3.8) is 0 Å². The van der Waals surface area contributed by atoms with Crippen LogP contribution in [0.1, 0.15) is 75.8 Å². The zero-order valence-corrected chi connectivity index (χ0v) is 20.2. The Balaban J connectivity index is 1.68. The number of benzene rings is 2. The van der Waals surface area contributed by atoms with E-state index in [2.05, 4.69) is 5.73 Å². The molecule has 0 saturated carbocycles. The van der Waals surface area contributed by atoms with Crippen molar-refractivity contribution in [1.29, 1.82) is 0 Å². The quantitative estimate of drug-likeness (QED) is 0.259. The van der Waals surface area contributed by atoms with Gasteiger partial charge in [-0.3, -0.25) is 14.4 Å². The molecule has 11 nitrogen and oxygen atoms in total. The second kappa shape index (κ2) is 8.61. The predicted molar refractivity (Wildman–Crippen MR) is 124 cm³/mol. The Morgan fingerprint density at radius 1 is 1.11 bits per heavy atom. The third-order valence-corrected chi connectivity index (χ3v) is 7.67. The molecule has 0 spiro atoms. The number of rotatable bonds is 3. The molecule has 196 valence electrons. The average molecular weight is 515 g/mol. The second-order valence-electron chi connectivity index (χ2n) is 10.0. The summed E-state index contributed by atoms with van der Waals surface area (Å²) in [4.78, 5) is 39.2. The zero-order chi connectivity index (χ0) is 27.0. The smallest absolute Gasteiger partial charge is 0.202 e. The minimum absolute atomic E-state index is 0.0646. The SMILES string of the molecule is CC(=O)C1(O)Cc2c(O)c3c(c(O)c2C(OC2CC([NH3+])C(O)C(C)O2)C1)C(=O)c1c(O)cccc1C3=O. The number of ether oxygens (including phenoxy) is 2. The molecule has 2 aliphatic carbocycles. The molecule has 2 aromatic carbocycles. The van der Waals surface area contributed by atoms with E-state index in [1.807, 2.05) is 0 Å². The summed E-state index contributed by atoms with van der Waals surface area (Å²) < 4.78 is 11.8. The number of hydrogen-bond acceptors (Lipinski definition) is 10. The van der Waals surface area contributed by atoms with E-state index >= 15 is 0 Å². The summed E-state index contributed by atoms with van der Waals surface area (Å²) in [6, 6.07) is 3.47. The first kappa shape index (κ1) is 25.3. The number of fused-ring (bicyclic) bond motifs is 3. The molecule has 6 atom stereocenters. The van der Waals surface area contributed by atoms with Crippen molar-refractivity contribution in [1.82, 2.24) is 0 Å². The molecule has 0 amide bonds. The fourth-order valence-electron chi connectivity index (χ4n) is 5.56. The molecule has 0 bridgehead atoms. The van der Waals surface area contributed by atoms with Crippen LogP contribution in [0.2, 0.25) is 0 Å². The van der Waals surface area contributed by atoms with Gasteiger partial charge in [-0.2, -0.15) is 0 Å². The molecule has 0 radical (unpaired) electrons. The van der Waals surface area contributed by atoms with Crippen LogP contribution in [0.25, 0.3) is 0 Å². The summed E-state index contributed by atoms with van der Waals surface area (Å²) in [5.74, 6) is -4.06. The first-order chi connectivity index (χ1) is 17.4. The van der Waals surface area contributed by atoms with Gasteiger partial charge in [-0.15, -0.1) is 0 Å². The lowest BCUT2D eigenvalue weighted by Crippen LogP contribution is -2.71. The Kier molecular flexibility index (Phi) is 5.89. The van der Waals surface area contributed by atoms with Crippen LogP contribution in [0, 0.1) is 0 Å². The Labute approximate surface area is 211 Å². The average Bonchev–Trinajstić information content (AvgIpc) is 2.82. The van der Waals surface area contributed by atoms with Crippen LogP contribution < -0.4 is 5.73 Å². The van der Waals surface area contributed by atoms with Crippen molar-refractivity contribution in [2.45, 2.75) is 69.4 Å². The third-order valence-electron chi connectivity index (χ3n) is 7.67. The highest BCUT2D eigenvalue weighted by atomic mass is 16.7.